The number of rotatable bonds is 1. The fraction of sp³-hybridized carbons (Fsp3) is 0.176. The van der Waals surface area contributed by atoms with E-state index in [1.807, 2.05) is 24.4 Å². The maximum atomic E-state index is 12.2. The second-order valence-electron chi connectivity index (χ2n) is 5.24. The van der Waals surface area contributed by atoms with Gasteiger partial charge in [0.1, 0.15) is 5.65 Å². The summed E-state index contributed by atoms with van der Waals surface area (Å²) in [6.45, 7) is 0. The van der Waals surface area contributed by atoms with Gasteiger partial charge in [0.25, 0.3) is 0 Å². The van der Waals surface area contributed by atoms with E-state index in [1.54, 1.807) is 0 Å². The van der Waals surface area contributed by atoms with E-state index in [9.17, 15) is 4.79 Å². The molecular weight excluding hydrogens is 248 g/mol. The summed E-state index contributed by atoms with van der Waals surface area (Å²) in [5.74, 6) is 0.240. The molecule has 0 atom stereocenters. The van der Waals surface area contributed by atoms with Gasteiger partial charge in [-0.1, -0.05) is 30.3 Å². The molecule has 1 aliphatic carbocycles. The van der Waals surface area contributed by atoms with Crippen molar-refractivity contribution in [3.8, 4) is 11.1 Å². The van der Waals surface area contributed by atoms with Crippen LogP contribution in [0.4, 0.5) is 0 Å². The van der Waals surface area contributed by atoms with Crippen molar-refractivity contribution >= 4 is 16.8 Å². The zero-order valence-corrected chi connectivity index (χ0v) is 11.0. The number of aromatic nitrogens is 2. The normalized spacial score (nSPS) is 14.5. The lowest BCUT2D eigenvalue weighted by molar-refractivity contribution is 0.0974. The van der Waals surface area contributed by atoms with Crippen molar-refractivity contribution in [2.75, 3.05) is 0 Å². The maximum absolute atomic E-state index is 12.2. The van der Waals surface area contributed by atoms with Gasteiger partial charge in [-0.05, 0) is 24.5 Å². The number of ketones is 1. The van der Waals surface area contributed by atoms with Gasteiger partial charge in [-0.3, -0.25) is 4.79 Å². The van der Waals surface area contributed by atoms with Crippen LogP contribution < -0.4 is 0 Å². The van der Waals surface area contributed by atoms with Gasteiger partial charge in [0.2, 0.25) is 0 Å². The van der Waals surface area contributed by atoms with Gasteiger partial charge in [0.05, 0.1) is 0 Å². The third kappa shape index (κ3) is 1.67. The Balaban J connectivity index is 1.95. The van der Waals surface area contributed by atoms with Crippen molar-refractivity contribution < 1.29 is 4.79 Å². The Bertz CT molecular complexity index is 802. The predicted octanol–water partition coefficient (Wildman–Crippen LogP) is 3.75. The van der Waals surface area contributed by atoms with Crippen LogP contribution in [0, 0.1) is 0 Å². The summed E-state index contributed by atoms with van der Waals surface area (Å²) in [6.07, 6.45) is 4.39. The van der Waals surface area contributed by atoms with Crippen LogP contribution in [0.1, 0.15) is 28.9 Å². The minimum Gasteiger partial charge on any atom is -0.343 e. The second-order valence-corrected chi connectivity index (χ2v) is 5.24. The Labute approximate surface area is 116 Å². The lowest BCUT2D eigenvalue weighted by Crippen LogP contribution is -2.09. The highest BCUT2D eigenvalue weighted by atomic mass is 16.1. The van der Waals surface area contributed by atoms with E-state index in [1.165, 1.54) is 0 Å². The Morgan fingerprint density at radius 3 is 2.75 bits per heavy atom. The van der Waals surface area contributed by atoms with Crippen LogP contribution in [-0.4, -0.2) is 15.8 Å². The molecule has 3 nitrogen and oxygen atoms in total. The number of nitrogens with one attached hydrogen (secondary N) is 1. The van der Waals surface area contributed by atoms with E-state index in [2.05, 4.69) is 28.2 Å². The average molecular weight is 262 g/mol. The number of pyridine rings is 1. The summed E-state index contributed by atoms with van der Waals surface area (Å²) < 4.78 is 0. The van der Waals surface area contributed by atoms with Crippen LogP contribution in [0.2, 0.25) is 0 Å². The highest BCUT2D eigenvalue weighted by molar-refractivity contribution is 6.09. The SMILES string of the molecule is O=C1CCCc2[nH]c3ncc(-c4ccccc4)cc3c21. The summed E-state index contributed by atoms with van der Waals surface area (Å²) >= 11 is 0. The van der Waals surface area contributed by atoms with Gasteiger partial charge < -0.3 is 4.98 Å². The minimum atomic E-state index is 0.240. The summed E-state index contributed by atoms with van der Waals surface area (Å²) in [5.41, 5.74) is 4.91. The molecule has 0 amide bonds. The van der Waals surface area contributed by atoms with Gasteiger partial charge in [-0.15, -0.1) is 0 Å². The number of H-pyrrole nitrogens is 1. The van der Waals surface area contributed by atoms with Crippen molar-refractivity contribution in [3.63, 3.8) is 0 Å². The molecule has 1 aromatic carbocycles. The minimum absolute atomic E-state index is 0.240. The van der Waals surface area contributed by atoms with Crippen molar-refractivity contribution in [1.29, 1.82) is 0 Å². The molecule has 1 aliphatic rings. The van der Waals surface area contributed by atoms with E-state index >= 15 is 0 Å². The van der Waals surface area contributed by atoms with Gasteiger partial charge >= 0.3 is 0 Å². The van der Waals surface area contributed by atoms with Crippen LogP contribution in [0.5, 0.6) is 0 Å². The number of Topliss-reactive ketones (excluding diaryl/α,β-unsaturated/α-hetero) is 1. The number of aromatic amines is 1. The lowest BCUT2D eigenvalue weighted by atomic mass is 9.94. The smallest absolute Gasteiger partial charge is 0.165 e. The first-order chi connectivity index (χ1) is 9.83. The molecule has 4 rings (SSSR count). The summed E-state index contributed by atoms with van der Waals surface area (Å²) in [5, 5.41) is 0.964. The summed E-state index contributed by atoms with van der Waals surface area (Å²) in [7, 11) is 0. The lowest BCUT2D eigenvalue weighted by Gasteiger charge is -2.09. The molecule has 0 radical (unpaired) electrons. The Hall–Kier alpha value is -2.42. The standard InChI is InChI=1S/C17H14N2O/c20-15-8-4-7-14-16(15)13-9-12(10-18-17(13)19-14)11-5-2-1-3-6-11/h1-3,5-6,9-10H,4,7-8H2,(H,18,19). The molecule has 1 N–H and O–H groups in total. The maximum Gasteiger partial charge on any atom is 0.165 e. The number of carbonyl (C=O) groups is 1. The number of hydrogen-bond donors (Lipinski definition) is 1. The third-order valence-electron chi connectivity index (χ3n) is 3.94. The Morgan fingerprint density at radius 1 is 1.05 bits per heavy atom. The topological polar surface area (TPSA) is 45.8 Å². The molecule has 0 unspecified atom stereocenters. The number of fused-ring (bicyclic) bond motifs is 3. The molecule has 0 bridgehead atoms. The number of carbonyl (C=O) groups excluding carboxylic acids is 1. The summed E-state index contributed by atoms with van der Waals surface area (Å²) in [6, 6.07) is 12.2. The highest BCUT2D eigenvalue weighted by Gasteiger charge is 2.22. The number of hydrogen-bond acceptors (Lipinski definition) is 2. The van der Waals surface area contributed by atoms with Crippen LogP contribution in [0.3, 0.4) is 0 Å². The molecule has 3 aromatic rings. The zero-order chi connectivity index (χ0) is 13.5. The van der Waals surface area contributed by atoms with Crippen molar-refractivity contribution in [3.05, 3.63) is 53.9 Å². The van der Waals surface area contributed by atoms with E-state index in [0.29, 0.717) is 6.42 Å². The van der Waals surface area contributed by atoms with Gasteiger partial charge in [-0.2, -0.15) is 0 Å². The molecule has 98 valence electrons. The zero-order valence-electron chi connectivity index (χ0n) is 11.0. The molecule has 2 heterocycles. The molecule has 0 fully saturated rings. The van der Waals surface area contributed by atoms with Crippen LogP contribution in [0.25, 0.3) is 22.2 Å². The van der Waals surface area contributed by atoms with E-state index in [4.69, 9.17) is 0 Å². The third-order valence-corrected chi connectivity index (χ3v) is 3.94. The van der Waals surface area contributed by atoms with Crippen LogP contribution in [0.15, 0.2) is 42.6 Å². The molecule has 0 spiro atoms. The first kappa shape index (κ1) is 11.4. The Morgan fingerprint density at radius 2 is 1.90 bits per heavy atom. The molecular formula is C17H14N2O. The number of aryl methyl sites for hydroxylation is 1. The quantitative estimate of drug-likeness (QED) is 0.726. The number of benzene rings is 1. The fourth-order valence-electron chi connectivity index (χ4n) is 2.97. The second kappa shape index (κ2) is 4.30. The summed E-state index contributed by atoms with van der Waals surface area (Å²) in [4.78, 5) is 19.9. The van der Waals surface area contributed by atoms with Crippen molar-refractivity contribution in [1.82, 2.24) is 9.97 Å². The highest BCUT2D eigenvalue weighted by Crippen LogP contribution is 2.30. The first-order valence-corrected chi connectivity index (χ1v) is 6.92. The van der Waals surface area contributed by atoms with E-state index in [-0.39, 0.29) is 5.78 Å². The van der Waals surface area contributed by atoms with Crippen LogP contribution >= 0.6 is 0 Å². The molecule has 0 saturated heterocycles. The predicted molar refractivity (Wildman–Crippen MR) is 78.8 cm³/mol. The number of nitrogens with zero attached hydrogens (tertiary/aromatic N) is 1. The van der Waals surface area contributed by atoms with Crippen molar-refractivity contribution in [2.24, 2.45) is 0 Å². The van der Waals surface area contributed by atoms with Gasteiger partial charge in [0.15, 0.2) is 5.78 Å². The molecule has 2 aromatic heterocycles. The molecule has 0 aliphatic heterocycles. The van der Waals surface area contributed by atoms with Crippen LogP contribution in [-0.2, 0) is 6.42 Å². The Kier molecular flexibility index (Phi) is 2.46. The molecule has 0 saturated carbocycles. The van der Waals surface area contributed by atoms with Gasteiger partial charge in [0, 0.05) is 34.8 Å². The molecule has 20 heavy (non-hydrogen) atoms. The fourth-order valence-corrected chi connectivity index (χ4v) is 2.97. The first-order valence-electron chi connectivity index (χ1n) is 6.92. The molecule has 3 heteroatoms. The van der Waals surface area contributed by atoms with E-state index in [0.717, 1.165) is 46.3 Å². The average Bonchev–Trinajstić information content (AvgIpc) is 2.87. The monoisotopic (exact) mass is 262 g/mol. The largest absolute Gasteiger partial charge is 0.343 e. The van der Waals surface area contributed by atoms with Crippen molar-refractivity contribution in [2.45, 2.75) is 19.3 Å². The van der Waals surface area contributed by atoms with E-state index < -0.39 is 0 Å². The van der Waals surface area contributed by atoms with Gasteiger partial charge in [-0.25, -0.2) is 4.98 Å².